The molecule has 0 radical (unpaired) electrons. The predicted molar refractivity (Wildman–Crippen MR) is 432 cm³/mol. The largest absolute Gasteiger partial charge is 0.508 e. The number of hydrogen-bond acceptors (Lipinski definition) is 34. The lowest BCUT2D eigenvalue weighted by atomic mass is 9.89. The normalized spacial score (nSPS) is 32.5. The van der Waals surface area contributed by atoms with Crippen molar-refractivity contribution in [3.05, 3.63) is 182 Å². The number of aliphatic hydroxyl groups excluding tert-OH is 11. The summed E-state index contributed by atoms with van der Waals surface area (Å²) in [5.74, 6) is -15.5. The van der Waals surface area contributed by atoms with Crippen molar-refractivity contribution in [2.24, 2.45) is 11.5 Å². The van der Waals surface area contributed by atoms with Gasteiger partial charge in [0.25, 0.3) is 0 Å². The molecule has 16 rings (SSSR count). The van der Waals surface area contributed by atoms with Gasteiger partial charge in [0.05, 0.1) is 41.6 Å². The van der Waals surface area contributed by atoms with Gasteiger partial charge in [-0.1, -0.05) is 83.9 Å². The van der Waals surface area contributed by atoms with Crippen LogP contribution in [0.25, 0.3) is 11.1 Å². The molecule has 4 fully saturated rings. The number of nitrogens with one attached hydrogen (secondary N) is 6. The molecule has 11 bridgehead atoms. The summed E-state index contributed by atoms with van der Waals surface area (Å²) in [6, 6.07) is 10.5. The van der Waals surface area contributed by atoms with E-state index in [4.69, 9.17) is 86.8 Å². The molecule has 25 N–H and O–H groups in total. The van der Waals surface area contributed by atoms with E-state index in [1.807, 2.05) is 0 Å². The lowest BCUT2D eigenvalue weighted by Gasteiger charge is -2.45. The standard InChI is InChI=1S/C84H92Cl2N8O33/c1-30-62(100)66(104)69(107)82(119-30)127-74-68(106)65(103)53(29-96)124-84(74)126-73-50-23-37-24-51(73)121-48-18-13-36(22-43(48)86)72(125-54-27-44(87)71(117-3)31(2)118-54)61-80(114)92-59(81(115)116)41-25-38(97)26-49(122-83-70(108)67(105)64(102)52(28-95)123-83)55(41)40-20-35(12-16-46(40)98)57(77(111)94-61)91-78(112)58(37)90-75(109)45(19-32-7-5-4-6-8-32)89-79(113)60(63(101)33-9-14-39(120-50)15-10-33)93-76(110)56(88)34-11-17-47(99)42(85)21-34/h4-18,20-26,30-31,44-45,52-54,56-72,74,82-84,95-108H,19,27-29,87-88H2,1-3H3,(H,89,113)(H,90,109)(H,91,112)(H,92,114)(H,93,110)(H,94,111)(H,115,116)/t30-,31-,44-,45-,52+,53+,54-,56+,57+,58+,59-,60+,61-,62-,63+,64+,65+,66+,67-,68-,69+,70-,71-,72+,74+,82-,83-,84-/m0/s1. The number of amides is 6. The SMILES string of the molecule is CO[C@H]1[C@H](C)O[C@@H](O[C@@H]2c3ccc(c(Cl)c3)Oc3cc4cc(c3O[C@@H]3O[C@H](CO)[C@@H](O)[C@H](O)[C@H]3O[C@@H]3O[C@@H](C)[C@H](O)[C@@H](O)[C@H]3O)Oc3ccc(cc3)[C@@H](O)[C@@H](NC(=O)[C@H](N)c3ccc(O)c(Cl)c3)C(=O)N[C@@H](Cc3ccccc3)C(=O)N[C@H]4C(=O)N[C@H]3C(=O)N[C@@H]2C(=O)N[C@H](C(=O)O)c2cc(O)cc(O[C@H]4O[C@H](CO)[C@@H](O)[C@H](O)[C@@H]4O)c2-c2cc3ccc2O)C[C@@H]1N. The highest BCUT2D eigenvalue weighted by Crippen LogP contribution is 2.51. The summed E-state index contributed by atoms with van der Waals surface area (Å²) >= 11 is 13.7. The van der Waals surface area contributed by atoms with Gasteiger partial charge in [0.1, 0.15) is 144 Å². The number of aliphatic carboxylic acids is 1. The fourth-order valence-corrected chi connectivity index (χ4v) is 16.4. The van der Waals surface area contributed by atoms with Gasteiger partial charge < -0.3 is 172 Å². The summed E-state index contributed by atoms with van der Waals surface area (Å²) < 4.78 is 69.1. The molecule has 680 valence electrons. The molecule has 0 aliphatic carbocycles. The van der Waals surface area contributed by atoms with E-state index in [0.717, 1.165) is 54.6 Å². The van der Waals surface area contributed by atoms with Crippen molar-refractivity contribution < 1.29 is 162 Å². The van der Waals surface area contributed by atoms with E-state index >= 15 is 24.0 Å². The molecule has 7 aromatic rings. The van der Waals surface area contributed by atoms with E-state index in [9.17, 15) is 86.2 Å². The minimum absolute atomic E-state index is 0.0103. The van der Waals surface area contributed by atoms with Crippen LogP contribution in [0.5, 0.6) is 51.7 Å². The first-order chi connectivity index (χ1) is 60.5. The highest BCUT2D eigenvalue weighted by Gasteiger charge is 2.53. The number of carboxylic acids is 1. The van der Waals surface area contributed by atoms with Crippen molar-refractivity contribution in [2.45, 2.75) is 198 Å². The molecule has 0 unspecified atom stereocenters. The third kappa shape index (κ3) is 19.4. The Morgan fingerprint density at radius 3 is 1.86 bits per heavy atom. The monoisotopic (exact) mass is 1810 g/mol. The summed E-state index contributed by atoms with van der Waals surface area (Å²) in [6.45, 7) is 0.830. The second kappa shape index (κ2) is 38.6. The Balaban J connectivity index is 1.01. The van der Waals surface area contributed by atoms with Gasteiger partial charge in [0.15, 0.2) is 36.2 Å². The van der Waals surface area contributed by atoms with Crippen LogP contribution in [0.4, 0.5) is 0 Å². The second-order valence-corrected chi connectivity index (χ2v) is 32.2. The molecule has 9 aliphatic rings. The number of rotatable bonds is 17. The Kier molecular flexibility index (Phi) is 28.1. The number of methoxy groups -OCH3 is 1. The number of aliphatic hydroxyl groups is 11. The molecule has 7 aromatic carbocycles. The second-order valence-electron chi connectivity index (χ2n) is 31.4. The van der Waals surface area contributed by atoms with Crippen LogP contribution < -0.4 is 62.3 Å². The molecule has 0 saturated carbocycles. The molecule has 43 heteroatoms. The van der Waals surface area contributed by atoms with Crippen LogP contribution in [-0.4, -0.2) is 273 Å². The maximum absolute atomic E-state index is 16.9. The number of carbonyl (C=O) groups is 7. The summed E-state index contributed by atoms with van der Waals surface area (Å²) in [7, 11) is 1.37. The number of carboxylic acid groups (broad SMARTS) is 1. The van der Waals surface area contributed by atoms with E-state index in [0.29, 0.717) is 5.56 Å². The number of phenolic OH excluding ortho intramolecular Hbond substituents is 3. The van der Waals surface area contributed by atoms with Gasteiger partial charge in [-0.05, 0) is 114 Å². The molecule has 9 heterocycles. The van der Waals surface area contributed by atoms with E-state index in [2.05, 4.69) is 31.9 Å². The Hall–Kier alpha value is -10.8. The third-order valence-corrected chi connectivity index (χ3v) is 23.5. The zero-order chi connectivity index (χ0) is 91.2. The highest BCUT2D eigenvalue weighted by atomic mass is 35.5. The Bertz CT molecular complexity index is 5230. The zero-order valence-corrected chi connectivity index (χ0v) is 68.7. The average Bonchev–Trinajstić information content (AvgIpc) is 0.754. The first-order valence-corrected chi connectivity index (χ1v) is 40.6. The Morgan fingerprint density at radius 2 is 1.19 bits per heavy atom. The van der Waals surface area contributed by atoms with Gasteiger partial charge in [-0.15, -0.1) is 0 Å². The Labute approximate surface area is 730 Å². The molecule has 4 saturated heterocycles. The van der Waals surface area contributed by atoms with Crippen LogP contribution in [0.3, 0.4) is 0 Å². The highest BCUT2D eigenvalue weighted by molar-refractivity contribution is 6.32. The van der Waals surface area contributed by atoms with Gasteiger partial charge in [-0.25, -0.2) is 4.79 Å². The fraction of sp³-hybridized carbons (Fsp3) is 0.417. The summed E-state index contributed by atoms with van der Waals surface area (Å²) in [5, 5.41) is 184. The van der Waals surface area contributed by atoms with Gasteiger partial charge >= 0.3 is 5.97 Å². The molecule has 6 amide bonds. The van der Waals surface area contributed by atoms with Gasteiger partial charge in [0, 0.05) is 48.8 Å². The number of benzene rings is 7. The maximum Gasteiger partial charge on any atom is 0.330 e. The molecule has 0 spiro atoms. The first kappa shape index (κ1) is 92.4. The first-order valence-electron chi connectivity index (χ1n) is 39.9. The molecule has 9 aliphatic heterocycles. The molecular formula is C84H92Cl2N8O33. The van der Waals surface area contributed by atoms with Crippen molar-refractivity contribution in [3.8, 4) is 62.9 Å². The molecule has 127 heavy (non-hydrogen) atoms. The molecule has 28 atom stereocenters. The number of aromatic hydroxyl groups is 3. The molecule has 0 aromatic heterocycles. The molecular weight excluding hydrogens is 1720 g/mol. The number of fused-ring (bicyclic) bond motifs is 15. The lowest BCUT2D eigenvalue weighted by molar-refractivity contribution is -0.354. The van der Waals surface area contributed by atoms with E-state index in [-0.39, 0.29) is 39.6 Å². The minimum Gasteiger partial charge on any atom is -0.508 e. The van der Waals surface area contributed by atoms with Gasteiger partial charge in [-0.2, -0.15) is 0 Å². The van der Waals surface area contributed by atoms with E-state index < -0.39 is 305 Å². The topological polar surface area (TPSA) is 649 Å². The zero-order valence-electron chi connectivity index (χ0n) is 67.2. The molecule has 41 nitrogen and oxygen atoms in total. The summed E-state index contributed by atoms with van der Waals surface area (Å²) in [4.78, 5) is 110. The van der Waals surface area contributed by atoms with Crippen molar-refractivity contribution >= 4 is 64.6 Å². The van der Waals surface area contributed by atoms with Crippen molar-refractivity contribution in [1.82, 2.24) is 31.9 Å². The lowest BCUT2D eigenvalue weighted by Crippen LogP contribution is -2.64. The number of halogens is 2. The minimum atomic E-state index is -2.45. The van der Waals surface area contributed by atoms with Crippen molar-refractivity contribution in [2.75, 3.05) is 20.3 Å². The van der Waals surface area contributed by atoms with Crippen LogP contribution in [0.1, 0.15) is 95.6 Å². The third-order valence-electron chi connectivity index (χ3n) is 22.9. The Morgan fingerprint density at radius 1 is 0.559 bits per heavy atom. The van der Waals surface area contributed by atoms with Crippen molar-refractivity contribution in [1.29, 1.82) is 0 Å². The average molecular weight is 1810 g/mol. The predicted octanol–water partition coefficient (Wildman–Crippen LogP) is -1.17. The van der Waals surface area contributed by atoms with Crippen LogP contribution in [0.15, 0.2) is 133 Å². The number of ether oxygens (including phenoxy) is 11. The van der Waals surface area contributed by atoms with Crippen LogP contribution in [0, 0.1) is 0 Å². The van der Waals surface area contributed by atoms with Crippen LogP contribution in [0.2, 0.25) is 10.0 Å². The van der Waals surface area contributed by atoms with E-state index in [1.165, 1.54) is 62.6 Å². The number of phenols is 3. The van der Waals surface area contributed by atoms with Crippen LogP contribution >= 0.6 is 23.2 Å². The number of nitrogens with two attached hydrogens (primary N) is 2. The maximum atomic E-state index is 16.9. The van der Waals surface area contributed by atoms with E-state index in [1.54, 1.807) is 37.3 Å². The smallest absolute Gasteiger partial charge is 0.330 e. The number of carbonyl (C=O) groups excluding carboxylic acids is 6. The number of hydrogen-bond donors (Lipinski definition) is 23. The quantitative estimate of drug-likeness (QED) is 0.0511. The van der Waals surface area contributed by atoms with Gasteiger partial charge in [-0.3, -0.25) is 28.8 Å². The van der Waals surface area contributed by atoms with Gasteiger partial charge in [0.2, 0.25) is 53.8 Å². The fourth-order valence-electron chi connectivity index (χ4n) is 16.0. The summed E-state index contributed by atoms with van der Waals surface area (Å²) in [5.41, 5.74) is 10.4. The van der Waals surface area contributed by atoms with Crippen molar-refractivity contribution in [3.63, 3.8) is 0 Å². The van der Waals surface area contributed by atoms with Crippen LogP contribution in [-0.2, 0) is 73.1 Å². The summed E-state index contributed by atoms with van der Waals surface area (Å²) in [6.07, 6.45) is -37.6.